The van der Waals surface area contributed by atoms with Crippen molar-refractivity contribution in [3.8, 4) is 0 Å². The molecule has 0 aromatic heterocycles. The molecular formula is C13H18N2O. The maximum Gasteiger partial charge on any atom is 0.254 e. The van der Waals surface area contributed by atoms with Gasteiger partial charge in [0, 0.05) is 18.7 Å². The van der Waals surface area contributed by atoms with Gasteiger partial charge in [-0.1, -0.05) is 18.2 Å². The summed E-state index contributed by atoms with van der Waals surface area (Å²) in [5.41, 5.74) is 7.42. The third kappa shape index (κ3) is 2.25. The normalized spacial score (nSPS) is 14.9. The summed E-state index contributed by atoms with van der Waals surface area (Å²) in [6.45, 7) is 0.581. The number of carbonyl (C=O) groups excluding carboxylic acids is 1. The first-order valence-electron chi connectivity index (χ1n) is 5.79. The van der Waals surface area contributed by atoms with Crippen LogP contribution in [0.3, 0.4) is 0 Å². The molecule has 1 saturated carbocycles. The summed E-state index contributed by atoms with van der Waals surface area (Å²) in [6.07, 6.45) is 3.04. The van der Waals surface area contributed by atoms with E-state index >= 15 is 0 Å². The molecule has 1 aromatic carbocycles. The van der Waals surface area contributed by atoms with Gasteiger partial charge in [-0.2, -0.15) is 0 Å². The quantitative estimate of drug-likeness (QED) is 0.830. The third-order valence-electron chi connectivity index (χ3n) is 3.08. The average Bonchev–Trinajstić information content (AvgIpc) is 3.12. The Balaban J connectivity index is 2.20. The van der Waals surface area contributed by atoms with Gasteiger partial charge < -0.3 is 10.6 Å². The summed E-state index contributed by atoms with van der Waals surface area (Å²) in [6, 6.07) is 8.21. The van der Waals surface area contributed by atoms with Gasteiger partial charge in [-0.15, -0.1) is 0 Å². The minimum Gasteiger partial charge on any atom is -0.339 e. The lowest BCUT2D eigenvalue weighted by Crippen LogP contribution is -2.29. The summed E-state index contributed by atoms with van der Waals surface area (Å²) >= 11 is 0. The molecule has 0 spiro atoms. The van der Waals surface area contributed by atoms with Crippen molar-refractivity contribution in [2.75, 3.05) is 13.6 Å². The van der Waals surface area contributed by atoms with Crippen LogP contribution in [-0.4, -0.2) is 30.4 Å². The van der Waals surface area contributed by atoms with Crippen molar-refractivity contribution in [2.24, 2.45) is 5.73 Å². The van der Waals surface area contributed by atoms with E-state index in [1.165, 1.54) is 0 Å². The molecule has 2 N–H and O–H groups in total. The number of benzene rings is 1. The van der Waals surface area contributed by atoms with Gasteiger partial charge >= 0.3 is 0 Å². The minimum absolute atomic E-state index is 0.131. The summed E-state index contributed by atoms with van der Waals surface area (Å²) in [5, 5.41) is 0. The molecule has 0 radical (unpaired) electrons. The van der Waals surface area contributed by atoms with Crippen LogP contribution in [0.1, 0.15) is 28.8 Å². The summed E-state index contributed by atoms with van der Waals surface area (Å²) in [5.74, 6) is 0.131. The van der Waals surface area contributed by atoms with Crippen LogP contribution in [0.25, 0.3) is 0 Å². The van der Waals surface area contributed by atoms with Crippen molar-refractivity contribution < 1.29 is 4.79 Å². The molecular weight excluding hydrogens is 200 g/mol. The molecule has 0 aliphatic heterocycles. The van der Waals surface area contributed by atoms with E-state index in [0.717, 1.165) is 30.4 Å². The van der Waals surface area contributed by atoms with Gasteiger partial charge in [-0.25, -0.2) is 0 Å². The number of nitrogens with two attached hydrogens (primary N) is 1. The first-order chi connectivity index (χ1) is 7.74. The average molecular weight is 218 g/mol. The van der Waals surface area contributed by atoms with Crippen LogP contribution < -0.4 is 5.73 Å². The Labute approximate surface area is 96.2 Å². The Morgan fingerprint density at radius 3 is 2.75 bits per heavy atom. The number of nitrogens with zero attached hydrogens (tertiary/aromatic N) is 1. The molecule has 2 rings (SSSR count). The monoisotopic (exact) mass is 218 g/mol. The van der Waals surface area contributed by atoms with Crippen LogP contribution in [0.5, 0.6) is 0 Å². The fourth-order valence-corrected chi connectivity index (χ4v) is 1.92. The van der Waals surface area contributed by atoms with E-state index in [1.54, 1.807) is 0 Å². The van der Waals surface area contributed by atoms with Crippen LogP contribution in [-0.2, 0) is 6.42 Å². The highest BCUT2D eigenvalue weighted by molar-refractivity contribution is 5.95. The number of amides is 1. The van der Waals surface area contributed by atoms with E-state index in [2.05, 4.69) is 0 Å². The lowest BCUT2D eigenvalue weighted by Gasteiger charge is -2.18. The number of hydrogen-bond acceptors (Lipinski definition) is 2. The predicted octanol–water partition coefficient (Wildman–Crippen LogP) is 1.42. The minimum atomic E-state index is 0.131. The fourth-order valence-electron chi connectivity index (χ4n) is 1.92. The van der Waals surface area contributed by atoms with Gasteiger partial charge in [0.1, 0.15) is 0 Å². The number of hydrogen-bond donors (Lipinski definition) is 1. The molecule has 0 unspecified atom stereocenters. The van der Waals surface area contributed by atoms with E-state index in [4.69, 9.17) is 5.73 Å². The smallest absolute Gasteiger partial charge is 0.254 e. The summed E-state index contributed by atoms with van der Waals surface area (Å²) in [7, 11) is 1.89. The Hall–Kier alpha value is -1.35. The van der Waals surface area contributed by atoms with Crippen molar-refractivity contribution in [2.45, 2.75) is 25.3 Å². The first-order valence-corrected chi connectivity index (χ1v) is 5.79. The van der Waals surface area contributed by atoms with E-state index in [-0.39, 0.29) is 5.91 Å². The number of rotatable bonds is 4. The van der Waals surface area contributed by atoms with Crippen LogP contribution >= 0.6 is 0 Å². The van der Waals surface area contributed by atoms with E-state index < -0.39 is 0 Å². The maximum absolute atomic E-state index is 12.2. The maximum atomic E-state index is 12.2. The molecule has 16 heavy (non-hydrogen) atoms. The largest absolute Gasteiger partial charge is 0.339 e. The van der Waals surface area contributed by atoms with Gasteiger partial charge in [-0.05, 0) is 37.4 Å². The Bertz CT molecular complexity index is 385. The Kier molecular flexibility index (Phi) is 3.25. The standard InChI is InChI=1S/C13H18N2O/c1-15(11-6-7-11)13(16)12-5-3-2-4-10(12)8-9-14/h2-5,11H,6-9,14H2,1H3. The van der Waals surface area contributed by atoms with E-state index in [9.17, 15) is 4.79 Å². The first kappa shape index (κ1) is 11.1. The van der Waals surface area contributed by atoms with Crippen molar-refractivity contribution >= 4 is 5.91 Å². The SMILES string of the molecule is CN(C(=O)c1ccccc1CCN)C1CC1. The molecule has 0 saturated heterocycles. The molecule has 1 aliphatic rings. The van der Waals surface area contributed by atoms with Crippen LogP contribution in [0.2, 0.25) is 0 Å². The van der Waals surface area contributed by atoms with Gasteiger partial charge in [-0.3, -0.25) is 4.79 Å². The van der Waals surface area contributed by atoms with Crippen molar-refractivity contribution in [1.29, 1.82) is 0 Å². The van der Waals surface area contributed by atoms with Gasteiger partial charge in [0.25, 0.3) is 5.91 Å². The molecule has 3 nitrogen and oxygen atoms in total. The van der Waals surface area contributed by atoms with Crippen LogP contribution in [0.4, 0.5) is 0 Å². The Morgan fingerprint density at radius 1 is 1.44 bits per heavy atom. The molecule has 0 atom stereocenters. The fraction of sp³-hybridized carbons (Fsp3) is 0.462. The van der Waals surface area contributed by atoms with Crippen LogP contribution in [0, 0.1) is 0 Å². The van der Waals surface area contributed by atoms with Gasteiger partial charge in [0.15, 0.2) is 0 Å². The van der Waals surface area contributed by atoms with Crippen molar-refractivity contribution in [3.05, 3.63) is 35.4 Å². The second kappa shape index (κ2) is 4.66. The lowest BCUT2D eigenvalue weighted by molar-refractivity contribution is 0.0784. The molecule has 1 amide bonds. The molecule has 1 fully saturated rings. The zero-order chi connectivity index (χ0) is 11.5. The highest BCUT2D eigenvalue weighted by Crippen LogP contribution is 2.27. The van der Waals surface area contributed by atoms with Gasteiger partial charge in [0.2, 0.25) is 0 Å². The van der Waals surface area contributed by atoms with Gasteiger partial charge in [0.05, 0.1) is 0 Å². The zero-order valence-electron chi connectivity index (χ0n) is 9.65. The van der Waals surface area contributed by atoms with Crippen molar-refractivity contribution in [3.63, 3.8) is 0 Å². The predicted molar refractivity (Wildman–Crippen MR) is 64.3 cm³/mol. The molecule has 0 bridgehead atoms. The lowest BCUT2D eigenvalue weighted by atomic mass is 10.0. The third-order valence-corrected chi connectivity index (χ3v) is 3.08. The summed E-state index contributed by atoms with van der Waals surface area (Å²) in [4.78, 5) is 14.1. The molecule has 3 heteroatoms. The highest BCUT2D eigenvalue weighted by atomic mass is 16.2. The van der Waals surface area contributed by atoms with E-state index in [0.29, 0.717) is 12.6 Å². The second-order valence-electron chi connectivity index (χ2n) is 4.34. The van der Waals surface area contributed by atoms with Crippen molar-refractivity contribution in [1.82, 2.24) is 4.90 Å². The summed E-state index contributed by atoms with van der Waals surface area (Å²) < 4.78 is 0. The highest BCUT2D eigenvalue weighted by Gasteiger charge is 2.30. The molecule has 1 aromatic rings. The molecule has 86 valence electrons. The second-order valence-corrected chi connectivity index (χ2v) is 4.34. The van der Waals surface area contributed by atoms with E-state index in [1.807, 2.05) is 36.2 Å². The van der Waals surface area contributed by atoms with Crippen LogP contribution in [0.15, 0.2) is 24.3 Å². The Morgan fingerprint density at radius 2 is 2.12 bits per heavy atom. The molecule has 0 heterocycles. The topological polar surface area (TPSA) is 46.3 Å². The molecule has 1 aliphatic carbocycles. The number of carbonyl (C=O) groups is 1. The zero-order valence-corrected chi connectivity index (χ0v) is 9.65.